The van der Waals surface area contributed by atoms with Crippen molar-refractivity contribution in [3.05, 3.63) is 58.6 Å². The number of nitrogens with one attached hydrogen (secondary N) is 2. The number of hydrazone groups is 1. The Bertz CT molecular complexity index is 810. The highest BCUT2D eigenvalue weighted by atomic mass is 35.5. The second-order valence-electron chi connectivity index (χ2n) is 5.24. The van der Waals surface area contributed by atoms with Gasteiger partial charge in [0.15, 0.2) is 11.5 Å². The number of carbonyl (C=O) groups excluding carboxylic acids is 2. The predicted octanol–water partition coefficient (Wildman–Crippen LogP) is 1.86. The fourth-order valence-electron chi connectivity index (χ4n) is 2.09. The molecule has 2 aromatic carbocycles. The largest absolute Gasteiger partial charge is 0.503 e. The molecule has 7 nitrogen and oxygen atoms in total. The lowest BCUT2D eigenvalue weighted by Crippen LogP contribution is -2.38. The quantitative estimate of drug-likeness (QED) is 0.407. The van der Waals surface area contributed by atoms with Gasteiger partial charge in [-0.25, -0.2) is 5.43 Å². The van der Waals surface area contributed by atoms with Crippen LogP contribution in [0.25, 0.3) is 0 Å². The maximum Gasteiger partial charge on any atom is 0.329 e. The summed E-state index contributed by atoms with van der Waals surface area (Å²) in [5.74, 6) is -1.68. The van der Waals surface area contributed by atoms with Crippen LogP contribution >= 0.6 is 11.6 Å². The van der Waals surface area contributed by atoms with Crippen LogP contribution in [0.1, 0.15) is 11.1 Å². The second-order valence-corrected chi connectivity index (χ2v) is 5.65. The van der Waals surface area contributed by atoms with E-state index in [4.69, 9.17) is 16.3 Å². The number of ether oxygens (including phenoxy) is 1. The third-order valence-electron chi connectivity index (χ3n) is 3.40. The zero-order valence-corrected chi connectivity index (χ0v) is 14.8. The summed E-state index contributed by atoms with van der Waals surface area (Å²) in [6.45, 7) is 0.338. The molecule has 0 heterocycles. The number of methoxy groups -OCH3 is 1. The van der Waals surface area contributed by atoms with E-state index in [2.05, 4.69) is 15.8 Å². The van der Waals surface area contributed by atoms with Gasteiger partial charge in [-0.05, 0) is 29.7 Å². The standard InChI is InChI=1S/C18H18ClN3O4/c1-26-15-10-13(9-14(19)16(15)23)11-21-22-18(25)17(24)20-8-7-12-5-3-2-4-6-12/h2-6,9-11,23H,7-8H2,1H3,(H,20,24)(H,22,25)/b21-11-. The first-order chi connectivity index (χ1) is 12.5. The maximum absolute atomic E-state index is 11.7. The highest BCUT2D eigenvalue weighted by Gasteiger charge is 2.12. The highest BCUT2D eigenvalue weighted by Crippen LogP contribution is 2.34. The summed E-state index contributed by atoms with van der Waals surface area (Å²) < 4.78 is 4.97. The zero-order valence-electron chi connectivity index (χ0n) is 14.0. The van der Waals surface area contributed by atoms with Crippen molar-refractivity contribution in [2.75, 3.05) is 13.7 Å². The Kier molecular flexibility index (Phi) is 6.99. The van der Waals surface area contributed by atoms with E-state index in [-0.39, 0.29) is 16.5 Å². The van der Waals surface area contributed by atoms with Gasteiger partial charge < -0.3 is 15.2 Å². The summed E-state index contributed by atoms with van der Waals surface area (Å²) in [7, 11) is 1.38. The molecule has 0 bridgehead atoms. The van der Waals surface area contributed by atoms with Gasteiger partial charge >= 0.3 is 11.8 Å². The summed E-state index contributed by atoms with van der Waals surface area (Å²) in [6, 6.07) is 12.5. The van der Waals surface area contributed by atoms with Crippen molar-refractivity contribution in [1.29, 1.82) is 0 Å². The van der Waals surface area contributed by atoms with Gasteiger partial charge in [0, 0.05) is 6.54 Å². The molecule has 2 amide bonds. The molecule has 0 aromatic heterocycles. The topological polar surface area (TPSA) is 100 Å². The lowest BCUT2D eigenvalue weighted by molar-refractivity contribution is -0.139. The second kappa shape index (κ2) is 9.43. The molecule has 0 aliphatic carbocycles. The Hall–Kier alpha value is -3.06. The fourth-order valence-corrected chi connectivity index (χ4v) is 2.30. The number of phenolic OH excluding ortho intramolecular Hbond substituents is 1. The summed E-state index contributed by atoms with van der Waals surface area (Å²) in [6.07, 6.45) is 1.90. The van der Waals surface area contributed by atoms with Crippen molar-refractivity contribution in [1.82, 2.24) is 10.7 Å². The molecule has 0 fully saturated rings. The van der Waals surface area contributed by atoms with Crippen LogP contribution in [-0.4, -0.2) is 36.8 Å². The number of carbonyl (C=O) groups is 2. The summed E-state index contributed by atoms with van der Waals surface area (Å²) in [5, 5.41) is 15.9. The van der Waals surface area contributed by atoms with E-state index in [0.29, 0.717) is 18.5 Å². The van der Waals surface area contributed by atoms with Crippen LogP contribution in [0.2, 0.25) is 5.02 Å². The molecule has 8 heteroatoms. The van der Waals surface area contributed by atoms with Crippen LogP contribution in [0.5, 0.6) is 11.5 Å². The maximum atomic E-state index is 11.7. The molecule has 0 radical (unpaired) electrons. The van der Waals surface area contributed by atoms with Crippen LogP contribution < -0.4 is 15.5 Å². The molecule has 3 N–H and O–H groups in total. The van der Waals surface area contributed by atoms with Gasteiger partial charge in [-0.2, -0.15) is 5.10 Å². The number of aromatic hydroxyl groups is 1. The first-order valence-electron chi connectivity index (χ1n) is 7.73. The molecular formula is C18H18ClN3O4. The lowest BCUT2D eigenvalue weighted by atomic mass is 10.1. The number of benzene rings is 2. The Balaban J connectivity index is 1.83. The number of nitrogens with zero attached hydrogens (tertiary/aromatic N) is 1. The van der Waals surface area contributed by atoms with E-state index >= 15 is 0 Å². The molecule has 26 heavy (non-hydrogen) atoms. The van der Waals surface area contributed by atoms with E-state index in [1.54, 1.807) is 0 Å². The van der Waals surface area contributed by atoms with Crippen LogP contribution in [0.3, 0.4) is 0 Å². The van der Waals surface area contributed by atoms with E-state index < -0.39 is 11.8 Å². The van der Waals surface area contributed by atoms with E-state index in [9.17, 15) is 14.7 Å². The van der Waals surface area contributed by atoms with Gasteiger partial charge in [-0.3, -0.25) is 9.59 Å². The molecule has 2 rings (SSSR count). The molecule has 0 saturated carbocycles. The minimum atomic E-state index is -0.883. The van der Waals surface area contributed by atoms with Gasteiger partial charge in [0.2, 0.25) is 0 Å². The lowest BCUT2D eigenvalue weighted by Gasteiger charge is -2.06. The highest BCUT2D eigenvalue weighted by molar-refractivity contribution is 6.35. The zero-order chi connectivity index (χ0) is 18.9. The van der Waals surface area contributed by atoms with Gasteiger partial charge in [0.05, 0.1) is 18.3 Å². The number of halogens is 1. The Labute approximate surface area is 155 Å². The first-order valence-corrected chi connectivity index (χ1v) is 8.10. The number of amides is 2. The molecule has 0 unspecified atom stereocenters. The first kappa shape index (κ1) is 19.3. The molecule has 2 aromatic rings. The SMILES string of the molecule is COc1cc(/C=N\NC(=O)C(=O)NCCc2ccccc2)cc(Cl)c1O. The van der Waals surface area contributed by atoms with Crippen molar-refractivity contribution in [3.63, 3.8) is 0 Å². The van der Waals surface area contributed by atoms with Crippen molar-refractivity contribution >= 4 is 29.6 Å². The Morgan fingerprint density at radius 3 is 2.65 bits per heavy atom. The normalized spacial score (nSPS) is 10.5. The van der Waals surface area contributed by atoms with Crippen LogP contribution in [0, 0.1) is 0 Å². The van der Waals surface area contributed by atoms with Gasteiger partial charge in [-0.1, -0.05) is 41.9 Å². The van der Waals surface area contributed by atoms with Gasteiger partial charge in [0.25, 0.3) is 0 Å². The summed E-state index contributed by atoms with van der Waals surface area (Å²) >= 11 is 5.85. The minimum Gasteiger partial charge on any atom is -0.503 e. The minimum absolute atomic E-state index is 0.0794. The number of hydrogen-bond donors (Lipinski definition) is 3. The van der Waals surface area contributed by atoms with Gasteiger partial charge in [-0.15, -0.1) is 0 Å². The molecular weight excluding hydrogens is 358 g/mol. The fraction of sp³-hybridized carbons (Fsp3) is 0.167. The monoisotopic (exact) mass is 375 g/mol. The van der Waals surface area contributed by atoms with Crippen molar-refractivity contribution in [3.8, 4) is 11.5 Å². The van der Waals surface area contributed by atoms with Crippen LogP contribution in [-0.2, 0) is 16.0 Å². The molecule has 136 valence electrons. The van der Waals surface area contributed by atoms with Crippen molar-refractivity contribution < 1.29 is 19.4 Å². The third kappa shape index (κ3) is 5.49. The van der Waals surface area contributed by atoms with E-state index in [1.807, 2.05) is 30.3 Å². The van der Waals surface area contributed by atoms with E-state index in [1.165, 1.54) is 25.5 Å². The van der Waals surface area contributed by atoms with Crippen molar-refractivity contribution in [2.24, 2.45) is 5.10 Å². The van der Waals surface area contributed by atoms with Crippen molar-refractivity contribution in [2.45, 2.75) is 6.42 Å². The smallest absolute Gasteiger partial charge is 0.329 e. The molecule has 0 saturated heterocycles. The number of hydrogen-bond acceptors (Lipinski definition) is 5. The Morgan fingerprint density at radius 1 is 1.23 bits per heavy atom. The summed E-state index contributed by atoms with van der Waals surface area (Å²) in [5.41, 5.74) is 3.66. The molecule has 0 spiro atoms. The predicted molar refractivity (Wildman–Crippen MR) is 98.6 cm³/mol. The molecule has 0 aliphatic heterocycles. The van der Waals surface area contributed by atoms with Gasteiger partial charge in [0.1, 0.15) is 0 Å². The molecule has 0 aliphatic rings. The van der Waals surface area contributed by atoms with E-state index in [0.717, 1.165) is 5.56 Å². The molecule has 0 atom stereocenters. The Morgan fingerprint density at radius 2 is 1.96 bits per heavy atom. The van der Waals surface area contributed by atoms with Crippen LogP contribution in [0.4, 0.5) is 0 Å². The number of rotatable bonds is 6. The average Bonchev–Trinajstić information content (AvgIpc) is 2.65. The third-order valence-corrected chi connectivity index (χ3v) is 3.69. The van der Waals surface area contributed by atoms with Crippen LogP contribution in [0.15, 0.2) is 47.6 Å². The average molecular weight is 376 g/mol. The summed E-state index contributed by atoms with van der Waals surface area (Å²) in [4.78, 5) is 23.4. The number of phenols is 1.